The second-order valence-electron chi connectivity index (χ2n) is 2.91. The normalized spacial score (nSPS) is 11.0. The highest BCUT2D eigenvalue weighted by Gasteiger charge is 2.06. The van der Waals surface area contributed by atoms with Crippen molar-refractivity contribution in [1.29, 1.82) is 0 Å². The van der Waals surface area contributed by atoms with Gasteiger partial charge in [-0.15, -0.1) is 0 Å². The molecule has 68 valence electrons. The number of aromatic nitrogens is 2. The maximum atomic E-state index is 12.8. The third-order valence-electron chi connectivity index (χ3n) is 2.12. The summed E-state index contributed by atoms with van der Waals surface area (Å²) in [5.41, 5.74) is 2.13. The second kappa shape index (κ2) is 2.81. The maximum absolute atomic E-state index is 12.8. The third kappa shape index (κ3) is 1.19. The molecule has 0 atom stereocenters. The lowest BCUT2D eigenvalue weighted by molar-refractivity contribution is 0.273. The molecule has 13 heavy (non-hydrogen) atoms. The topological polar surface area (TPSA) is 38.0 Å². The van der Waals surface area contributed by atoms with Crippen molar-refractivity contribution in [2.24, 2.45) is 7.05 Å². The smallest absolute Gasteiger partial charge is 0.143 e. The Labute approximate surface area is 74.4 Å². The first kappa shape index (κ1) is 8.19. The largest absolute Gasteiger partial charge is 0.390 e. The molecule has 2 aromatic heterocycles. The van der Waals surface area contributed by atoms with E-state index in [1.54, 1.807) is 17.7 Å². The van der Waals surface area contributed by atoms with Crippen molar-refractivity contribution < 1.29 is 9.50 Å². The molecule has 0 saturated heterocycles. The number of pyridine rings is 1. The van der Waals surface area contributed by atoms with Gasteiger partial charge >= 0.3 is 0 Å². The van der Waals surface area contributed by atoms with Crippen LogP contribution in [0, 0.1) is 5.82 Å². The summed E-state index contributed by atoms with van der Waals surface area (Å²) in [6.45, 7) is -0.0610. The molecule has 0 fully saturated rings. The summed E-state index contributed by atoms with van der Waals surface area (Å²) in [7, 11) is 1.77. The molecule has 0 spiro atoms. The van der Waals surface area contributed by atoms with E-state index in [4.69, 9.17) is 5.11 Å². The number of nitrogens with zero attached hydrogens (tertiary/aromatic N) is 2. The van der Waals surface area contributed by atoms with Crippen LogP contribution in [0.3, 0.4) is 0 Å². The molecular weight excluding hydrogens is 171 g/mol. The SMILES string of the molecule is Cn1c(CO)cc2ncc(F)cc21. The van der Waals surface area contributed by atoms with Crippen molar-refractivity contribution in [1.82, 2.24) is 9.55 Å². The minimum absolute atomic E-state index is 0.0610. The molecule has 0 unspecified atom stereocenters. The lowest BCUT2D eigenvalue weighted by Crippen LogP contribution is -1.95. The number of aryl methyl sites for hydroxylation is 1. The maximum Gasteiger partial charge on any atom is 0.143 e. The summed E-state index contributed by atoms with van der Waals surface area (Å²) < 4.78 is 14.5. The number of aliphatic hydroxyl groups is 1. The summed E-state index contributed by atoms with van der Waals surface area (Å²) >= 11 is 0. The monoisotopic (exact) mass is 180 g/mol. The van der Waals surface area contributed by atoms with Gasteiger partial charge in [-0.2, -0.15) is 0 Å². The fourth-order valence-electron chi connectivity index (χ4n) is 1.38. The summed E-state index contributed by atoms with van der Waals surface area (Å²) in [5.74, 6) is -0.363. The van der Waals surface area contributed by atoms with Gasteiger partial charge in [0.15, 0.2) is 0 Å². The number of fused-ring (bicyclic) bond motifs is 1. The Balaban J connectivity index is 2.77. The number of aliphatic hydroxyl groups excluding tert-OH is 1. The van der Waals surface area contributed by atoms with Gasteiger partial charge in [0.1, 0.15) is 5.82 Å². The van der Waals surface area contributed by atoms with Crippen LogP contribution in [0.5, 0.6) is 0 Å². The summed E-state index contributed by atoms with van der Waals surface area (Å²) in [4.78, 5) is 3.90. The molecule has 2 aromatic rings. The van der Waals surface area contributed by atoms with Crippen molar-refractivity contribution in [2.75, 3.05) is 0 Å². The van der Waals surface area contributed by atoms with E-state index in [1.165, 1.54) is 12.3 Å². The Hall–Kier alpha value is -1.42. The highest BCUT2D eigenvalue weighted by Crippen LogP contribution is 2.16. The van der Waals surface area contributed by atoms with Crippen molar-refractivity contribution >= 4 is 11.0 Å². The lowest BCUT2D eigenvalue weighted by atomic mass is 10.4. The van der Waals surface area contributed by atoms with Crippen LogP contribution in [0.2, 0.25) is 0 Å². The van der Waals surface area contributed by atoms with E-state index >= 15 is 0 Å². The number of hydrogen-bond acceptors (Lipinski definition) is 2. The summed E-state index contributed by atoms with van der Waals surface area (Å²) in [6.07, 6.45) is 1.17. The zero-order valence-electron chi connectivity index (χ0n) is 7.16. The fraction of sp³-hybridized carbons (Fsp3) is 0.222. The van der Waals surface area contributed by atoms with Crippen molar-refractivity contribution in [3.05, 3.63) is 29.8 Å². The fourth-order valence-corrected chi connectivity index (χ4v) is 1.38. The van der Waals surface area contributed by atoms with Crippen molar-refractivity contribution in [3.8, 4) is 0 Å². The summed E-state index contributed by atoms with van der Waals surface area (Å²) in [5, 5.41) is 8.95. The molecule has 0 aromatic carbocycles. The predicted molar refractivity (Wildman–Crippen MR) is 46.6 cm³/mol. The molecule has 0 amide bonds. The zero-order chi connectivity index (χ0) is 9.42. The van der Waals surface area contributed by atoms with Crippen LogP contribution < -0.4 is 0 Å². The van der Waals surface area contributed by atoms with Crippen LogP contribution in [0.15, 0.2) is 18.3 Å². The molecule has 0 aliphatic heterocycles. The van der Waals surface area contributed by atoms with Crippen LogP contribution in [-0.2, 0) is 13.7 Å². The average Bonchev–Trinajstić information content (AvgIpc) is 2.44. The first-order valence-corrected chi connectivity index (χ1v) is 3.93. The van der Waals surface area contributed by atoms with E-state index in [2.05, 4.69) is 4.98 Å². The van der Waals surface area contributed by atoms with Crippen LogP contribution in [-0.4, -0.2) is 14.7 Å². The first-order valence-electron chi connectivity index (χ1n) is 3.93. The minimum Gasteiger partial charge on any atom is -0.390 e. The van der Waals surface area contributed by atoms with E-state index in [0.717, 1.165) is 5.69 Å². The van der Waals surface area contributed by atoms with Crippen molar-refractivity contribution in [2.45, 2.75) is 6.61 Å². The van der Waals surface area contributed by atoms with Crippen LogP contribution in [0.1, 0.15) is 5.69 Å². The Morgan fingerprint density at radius 3 is 3.00 bits per heavy atom. The number of halogens is 1. The summed E-state index contributed by atoms with van der Waals surface area (Å²) in [6, 6.07) is 3.15. The molecule has 2 heterocycles. The van der Waals surface area contributed by atoms with Gasteiger partial charge < -0.3 is 9.67 Å². The molecular formula is C9H9FN2O. The molecule has 0 bridgehead atoms. The van der Waals surface area contributed by atoms with Crippen molar-refractivity contribution in [3.63, 3.8) is 0 Å². The molecule has 2 rings (SSSR count). The van der Waals surface area contributed by atoms with Gasteiger partial charge in [0.2, 0.25) is 0 Å². The van der Waals surface area contributed by atoms with E-state index in [9.17, 15) is 4.39 Å². The Kier molecular flexibility index (Phi) is 1.77. The second-order valence-corrected chi connectivity index (χ2v) is 2.91. The Morgan fingerprint density at radius 2 is 2.31 bits per heavy atom. The van der Waals surface area contributed by atoms with Gasteiger partial charge in [-0.25, -0.2) is 4.39 Å². The van der Waals surface area contributed by atoms with Gasteiger partial charge in [-0.05, 0) is 6.07 Å². The van der Waals surface area contributed by atoms with Gasteiger partial charge in [-0.3, -0.25) is 4.98 Å². The van der Waals surface area contributed by atoms with Gasteiger partial charge in [0.25, 0.3) is 0 Å². The molecule has 0 radical (unpaired) electrons. The lowest BCUT2D eigenvalue weighted by Gasteiger charge is -1.99. The molecule has 1 N–H and O–H groups in total. The molecule has 4 heteroatoms. The van der Waals surface area contributed by atoms with Gasteiger partial charge in [-0.1, -0.05) is 0 Å². The number of hydrogen-bond donors (Lipinski definition) is 1. The Bertz CT molecular complexity index is 450. The van der Waals surface area contributed by atoms with Crippen LogP contribution in [0.4, 0.5) is 4.39 Å². The minimum atomic E-state index is -0.363. The van der Waals surface area contributed by atoms with Gasteiger partial charge in [0.05, 0.1) is 23.8 Å². The predicted octanol–water partition coefficient (Wildman–Crippen LogP) is 1.20. The number of rotatable bonds is 1. The van der Waals surface area contributed by atoms with Crippen LogP contribution in [0.25, 0.3) is 11.0 Å². The quantitative estimate of drug-likeness (QED) is 0.716. The molecule has 0 aliphatic rings. The van der Waals surface area contributed by atoms with E-state index in [1.807, 2.05) is 0 Å². The Morgan fingerprint density at radius 1 is 1.54 bits per heavy atom. The first-order chi connectivity index (χ1) is 6.22. The highest BCUT2D eigenvalue weighted by atomic mass is 19.1. The third-order valence-corrected chi connectivity index (χ3v) is 2.12. The molecule has 0 saturated carbocycles. The van der Waals surface area contributed by atoms with E-state index in [-0.39, 0.29) is 12.4 Å². The molecule has 3 nitrogen and oxygen atoms in total. The van der Waals surface area contributed by atoms with Crippen LogP contribution >= 0.6 is 0 Å². The van der Waals surface area contributed by atoms with E-state index in [0.29, 0.717) is 11.0 Å². The zero-order valence-corrected chi connectivity index (χ0v) is 7.16. The average molecular weight is 180 g/mol. The standard InChI is InChI=1S/C9H9FN2O/c1-12-7(5-13)3-8-9(12)2-6(10)4-11-8/h2-4,13H,5H2,1H3. The molecule has 0 aliphatic carbocycles. The van der Waals surface area contributed by atoms with Gasteiger partial charge in [0, 0.05) is 18.8 Å². The van der Waals surface area contributed by atoms with E-state index < -0.39 is 0 Å². The highest BCUT2D eigenvalue weighted by molar-refractivity contribution is 5.76.